The fraction of sp³-hybridized carbons (Fsp3) is 0.280. The largest absolute Gasteiger partial charge is 0.393 e. The van der Waals surface area contributed by atoms with E-state index < -0.39 is 17.5 Å². The molecule has 0 radical (unpaired) electrons. The van der Waals surface area contributed by atoms with Crippen molar-refractivity contribution in [3.63, 3.8) is 0 Å². The number of rotatable bonds is 8. The average molecular weight is 468 g/mol. The van der Waals surface area contributed by atoms with Crippen molar-refractivity contribution in [2.75, 3.05) is 28.6 Å². The maximum atomic E-state index is 14.0. The number of nitrogens with zero attached hydrogens (tertiary/aromatic N) is 2. The van der Waals surface area contributed by atoms with Gasteiger partial charge >= 0.3 is 0 Å². The Morgan fingerprint density at radius 1 is 1.12 bits per heavy atom. The van der Waals surface area contributed by atoms with Crippen LogP contribution < -0.4 is 21.3 Å². The number of halogens is 2. The summed E-state index contributed by atoms with van der Waals surface area (Å²) in [6, 6.07) is 13.6. The molecule has 0 saturated carbocycles. The van der Waals surface area contributed by atoms with E-state index in [9.17, 15) is 18.7 Å². The van der Waals surface area contributed by atoms with E-state index in [0.717, 1.165) is 43.4 Å². The number of aliphatic hydroxyl groups is 1. The molecule has 1 aliphatic heterocycles. The van der Waals surface area contributed by atoms with Crippen LogP contribution >= 0.6 is 0 Å². The van der Waals surface area contributed by atoms with Crippen LogP contribution in [0.1, 0.15) is 24.0 Å². The predicted octanol–water partition coefficient (Wildman–Crippen LogP) is 3.70. The highest BCUT2D eigenvalue weighted by molar-refractivity contribution is 5.79. The van der Waals surface area contributed by atoms with Crippen molar-refractivity contribution in [1.82, 2.24) is 4.98 Å². The first-order valence-electron chi connectivity index (χ1n) is 11.1. The van der Waals surface area contributed by atoms with Crippen LogP contribution in [0.5, 0.6) is 0 Å². The quantitative estimate of drug-likeness (QED) is 0.403. The Balaban J connectivity index is 1.48. The van der Waals surface area contributed by atoms with Crippen LogP contribution in [0.15, 0.2) is 54.7 Å². The van der Waals surface area contributed by atoms with Crippen molar-refractivity contribution in [2.24, 2.45) is 5.73 Å². The number of hydrogen-bond acceptors (Lipinski definition) is 6. The van der Waals surface area contributed by atoms with Crippen LogP contribution in [0, 0.1) is 11.6 Å². The molecule has 0 spiro atoms. The number of carbonyl (C=O) groups excluding carboxylic acids is 1. The topological polar surface area (TPSA) is 104 Å². The summed E-state index contributed by atoms with van der Waals surface area (Å²) in [5, 5.41) is 16.0. The number of piperidine rings is 1. The molecule has 34 heavy (non-hydrogen) atoms. The van der Waals surface area contributed by atoms with Crippen LogP contribution in [0.25, 0.3) is 0 Å². The number of hydrogen-bond donors (Lipinski definition) is 4. The zero-order chi connectivity index (χ0) is 24.1. The maximum absolute atomic E-state index is 14.0. The van der Waals surface area contributed by atoms with Gasteiger partial charge in [-0.05, 0) is 43.2 Å². The van der Waals surface area contributed by atoms with E-state index in [2.05, 4.69) is 20.5 Å². The molecule has 0 unspecified atom stereocenters. The highest BCUT2D eigenvalue weighted by Gasteiger charge is 2.17. The van der Waals surface area contributed by atoms with Gasteiger partial charge in [0.05, 0.1) is 12.5 Å². The van der Waals surface area contributed by atoms with E-state index in [0.29, 0.717) is 17.1 Å². The molecule has 1 fully saturated rings. The third kappa shape index (κ3) is 5.79. The number of primary amides is 1. The van der Waals surface area contributed by atoms with E-state index in [4.69, 9.17) is 5.73 Å². The van der Waals surface area contributed by atoms with Crippen molar-refractivity contribution in [2.45, 2.75) is 31.9 Å². The van der Waals surface area contributed by atoms with Gasteiger partial charge in [0.2, 0.25) is 5.91 Å². The molecule has 1 aliphatic rings. The summed E-state index contributed by atoms with van der Waals surface area (Å²) in [5.74, 6) is -1.84. The summed E-state index contributed by atoms with van der Waals surface area (Å²) < 4.78 is 27.6. The van der Waals surface area contributed by atoms with Crippen molar-refractivity contribution in [3.8, 4) is 0 Å². The molecule has 5 N–H and O–H groups in total. The minimum Gasteiger partial charge on any atom is -0.393 e. The highest BCUT2D eigenvalue weighted by atomic mass is 19.2. The highest BCUT2D eigenvalue weighted by Crippen LogP contribution is 2.26. The molecule has 4 rings (SSSR count). The van der Waals surface area contributed by atoms with Crippen LogP contribution in [0.2, 0.25) is 0 Å². The molecule has 2 aromatic carbocycles. The molecule has 0 atom stereocenters. The van der Waals surface area contributed by atoms with Gasteiger partial charge in [-0.15, -0.1) is 0 Å². The molecular formula is C25H27F2N5O2. The van der Waals surface area contributed by atoms with Gasteiger partial charge in [-0.3, -0.25) is 4.79 Å². The summed E-state index contributed by atoms with van der Waals surface area (Å²) in [6.07, 6.45) is 2.79. The summed E-state index contributed by atoms with van der Waals surface area (Å²) in [4.78, 5) is 18.1. The maximum Gasteiger partial charge on any atom is 0.221 e. The second-order valence-corrected chi connectivity index (χ2v) is 8.33. The average Bonchev–Trinajstić information content (AvgIpc) is 2.82. The lowest BCUT2D eigenvalue weighted by Gasteiger charge is -2.31. The number of anilines is 4. The molecule has 1 saturated heterocycles. The summed E-state index contributed by atoms with van der Waals surface area (Å²) >= 11 is 0. The second-order valence-electron chi connectivity index (χ2n) is 8.33. The smallest absolute Gasteiger partial charge is 0.221 e. The van der Waals surface area contributed by atoms with Crippen molar-refractivity contribution >= 4 is 28.8 Å². The lowest BCUT2D eigenvalue weighted by molar-refractivity contribution is -0.117. The van der Waals surface area contributed by atoms with Gasteiger partial charge in [-0.1, -0.05) is 12.1 Å². The Morgan fingerprint density at radius 2 is 1.85 bits per heavy atom. The molecule has 0 aliphatic carbocycles. The number of nitrogens with two attached hydrogens (primary N) is 1. The standard InChI is InChI=1S/C25H27F2N5O2/c26-21-3-1-2-16(25(21)27)14-29-22-13-24(30-15-17(22)12-23(28)34)31-18-4-6-19(7-5-18)32-10-8-20(33)9-11-32/h1-7,13,15,20,33H,8-12,14H2,(H2,28,34)(H2,29,30,31). The summed E-state index contributed by atoms with van der Waals surface area (Å²) in [6.45, 7) is 1.66. The normalized spacial score (nSPS) is 14.1. The molecule has 0 bridgehead atoms. The first-order valence-corrected chi connectivity index (χ1v) is 11.1. The van der Waals surface area contributed by atoms with Gasteiger partial charge in [0.15, 0.2) is 11.6 Å². The van der Waals surface area contributed by atoms with Crippen molar-refractivity contribution in [1.29, 1.82) is 0 Å². The molecular weight excluding hydrogens is 440 g/mol. The number of amides is 1. The monoisotopic (exact) mass is 467 g/mol. The molecule has 3 aromatic rings. The van der Waals surface area contributed by atoms with Crippen molar-refractivity contribution < 1.29 is 18.7 Å². The molecule has 1 aromatic heterocycles. The van der Waals surface area contributed by atoms with E-state index in [1.54, 1.807) is 6.07 Å². The Bertz CT molecular complexity index is 1150. The van der Waals surface area contributed by atoms with E-state index in [1.807, 2.05) is 24.3 Å². The zero-order valence-corrected chi connectivity index (χ0v) is 18.6. The van der Waals surface area contributed by atoms with Crippen LogP contribution in [0.4, 0.5) is 31.7 Å². The number of pyridine rings is 1. The molecule has 1 amide bonds. The molecule has 9 heteroatoms. The third-order valence-electron chi connectivity index (χ3n) is 5.82. The number of carbonyl (C=O) groups is 1. The zero-order valence-electron chi connectivity index (χ0n) is 18.6. The minimum absolute atomic E-state index is 0.0258. The van der Waals surface area contributed by atoms with Crippen molar-refractivity contribution in [3.05, 3.63) is 77.5 Å². The second kappa shape index (κ2) is 10.5. The van der Waals surface area contributed by atoms with Gasteiger partial charge in [0, 0.05) is 60.1 Å². The first-order chi connectivity index (χ1) is 16.4. The lowest BCUT2D eigenvalue weighted by Crippen LogP contribution is -2.35. The minimum atomic E-state index is -0.919. The van der Waals surface area contributed by atoms with Crippen LogP contribution in [-0.2, 0) is 17.8 Å². The fourth-order valence-electron chi connectivity index (χ4n) is 3.95. The predicted molar refractivity (Wildman–Crippen MR) is 128 cm³/mol. The number of benzene rings is 2. The SMILES string of the molecule is NC(=O)Cc1cnc(Nc2ccc(N3CCC(O)CC3)cc2)cc1NCc1cccc(F)c1F. The molecule has 2 heterocycles. The van der Waals surface area contributed by atoms with Crippen LogP contribution in [-0.4, -0.2) is 35.2 Å². The Hall–Kier alpha value is -3.72. The third-order valence-corrected chi connectivity index (χ3v) is 5.82. The number of nitrogens with one attached hydrogen (secondary N) is 2. The Kier molecular flexibility index (Phi) is 7.22. The van der Waals surface area contributed by atoms with Gasteiger partial charge in [0.25, 0.3) is 0 Å². The van der Waals surface area contributed by atoms with Gasteiger partial charge in [-0.2, -0.15) is 0 Å². The summed E-state index contributed by atoms with van der Waals surface area (Å²) in [5.41, 5.74) is 8.52. The van der Waals surface area contributed by atoms with Gasteiger partial charge in [-0.25, -0.2) is 13.8 Å². The molecule has 7 nitrogen and oxygen atoms in total. The van der Waals surface area contributed by atoms with Gasteiger partial charge in [0.1, 0.15) is 5.82 Å². The number of aromatic nitrogens is 1. The van der Waals surface area contributed by atoms with Crippen LogP contribution in [0.3, 0.4) is 0 Å². The fourth-order valence-corrected chi connectivity index (χ4v) is 3.95. The number of aliphatic hydroxyl groups excluding tert-OH is 1. The van der Waals surface area contributed by atoms with E-state index in [-0.39, 0.29) is 24.6 Å². The van der Waals surface area contributed by atoms with Gasteiger partial charge < -0.3 is 26.4 Å². The van der Waals surface area contributed by atoms with E-state index in [1.165, 1.54) is 18.3 Å². The Labute approximate surface area is 196 Å². The first kappa shape index (κ1) is 23.4. The molecule has 178 valence electrons. The van der Waals surface area contributed by atoms with E-state index >= 15 is 0 Å². The lowest BCUT2D eigenvalue weighted by atomic mass is 10.1. The summed E-state index contributed by atoms with van der Waals surface area (Å²) in [7, 11) is 0. The Morgan fingerprint density at radius 3 is 2.56 bits per heavy atom.